The molecule has 4 heteroatoms. The second-order valence-electron chi connectivity index (χ2n) is 3.68. The Bertz CT molecular complexity index is 535. The summed E-state index contributed by atoms with van der Waals surface area (Å²) < 4.78 is 0. The van der Waals surface area contributed by atoms with Crippen LogP contribution in [0.1, 0.15) is 12.5 Å². The highest BCUT2D eigenvalue weighted by molar-refractivity contribution is 5.69. The van der Waals surface area contributed by atoms with Gasteiger partial charge in [0.15, 0.2) is 0 Å². The van der Waals surface area contributed by atoms with Gasteiger partial charge in [0.1, 0.15) is 5.69 Å². The van der Waals surface area contributed by atoms with E-state index in [1.807, 2.05) is 24.3 Å². The minimum absolute atomic E-state index is 0.0387. The van der Waals surface area contributed by atoms with Crippen LogP contribution in [-0.2, 0) is 6.42 Å². The molecular weight excluding hydrogens is 216 g/mol. The van der Waals surface area contributed by atoms with Crippen molar-refractivity contribution in [2.75, 3.05) is 0 Å². The van der Waals surface area contributed by atoms with E-state index in [9.17, 15) is 10.1 Å². The topological polar surface area (TPSA) is 56.0 Å². The van der Waals surface area contributed by atoms with Crippen molar-refractivity contribution in [2.45, 2.75) is 13.3 Å². The molecule has 0 amide bonds. The highest BCUT2D eigenvalue weighted by atomic mass is 16.6. The van der Waals surface area contributed by atoms with Gasteiger partial charge in [-0.3, -0.25) is 10.1 Å². The van der Waals surface area contributed by atoms with Gasteiger partial charge in [-0.15, -0.1) is 0 Å². The molecule has 0 fully saturated rings. The highest BCUT2D eigenvalue weighted by Crippen LogP contribution is 2.27. The Kier molecular flexibility index (Phi) is 3.14. The lowest BCUT2D eigenvalue weighted by atomic mass is 10.1. The zero-order valence-electron chi connectivity index (χ0n) is 9.46. The summed E-state index contributed by atoms with van der Waals surface area (Å²) in [6, 6.07) is 10.7. The molecule has 0 bridgehead atoms. The van der Waals surface area contributed by atoms with Gasteiger partial charge in [0.05, 0.1) is 4.92 Å². The molecule has 17 heavy (non-hydrogen) atoms. The average Bonchev–Trinajstić information content (AvgIpc) is 2.39. The summed E-state index contributed by atoms with van der Waals surface area (Å²) in [5, 5.41) is 10.9. The molecule has 0 aliphatic heterocycles. The van der Waals surface area contributed by atoms with E-state index >= 15 is 0 Å². The fourth-order valence-corrected chi connectivity index (χ4v) is 1.66. The van der Waals surface area contributed by atoms with Gasteiger partial charge in [0.2, 0.25) is 0 Å². The first-order chi connectivity index (χ1) is 8.22. The van der Waals surface area contributed by atoms with Crippen LogP contribution in [0.2, 0.25) is 0 Å². The number of nitrogens with zero attached hydrogens (tertiary/aromatic N) is 2. The highest BCUT2D eigenvalue weighted by Gasteiger charge is 2.15. The van der Waals surface area contributed by atoms with Crippen LogP contribution < -0.4 is 0 Å². The van der Waals surface area contributed by atoms with Crippen LogP contribution in [0.25, 0.3) is 11.3 Å². The van der Waals surface area contributed by atoms with Crippen LogP contribution in [0.4, 0.5) is 5.69 Å². The molecular formula is C13H12N2O2. The Balaban J connectivity index is 2.48. The van der Waals surface area contributed by atoms with Crippen molar-refractivity contribution < 1.29 is 4.92 Å². The number of aromatic nitrogens is 1. The van der Waals surface area contributed by atoms with Gasteiger partial charge in [0, 0.05) is 17.8 Å². The first-order valence-electron chi connectivity index (χ1n) is 5.41. The summed E-state index contributed by atoms with van der Waals surface area (Å²) >= 11 is 0. The molecule has 0 radical (unpaired) electrons. The van der Waals surface area contributed by atoms with Gasteiger partial charge in [-0.05, 0) is 18.1 Å². The van der Waals surface area contributed by atoms with E-state index in [-0.39, 0.29) is 5.69 Å². The maximum Gasteiger partial charge on any atom is 0.295 e. The number of hydrogen-bond donors (Lipinski definition) is 0. The van der Waals surface area contributed by atoms with Crippen molar-refractivity contribution in [1.82, 2.24) is 4.98 Å². The first kappa shape index (κ1) is 11.3. The van der Waals surface area contributed by atoms with Crippen LogP contribution >= 0.6 is 0 Å². The molecule has 86 valence electrons. The zero-order valence-corrected chi connectivity index (χ0v) is 9.46. The predicted molar refractivity (Wildman–Crippen MR) is 65.7 cm³/mol. The van der Waals surface area contributed by atoms with Gasteiger partial charge in [-0.2, -0.15) is 0 Å². The fourth-order valence-electron chi connectivity index (χ4n) is 1.66. The van der Waals surface area contributed by atoms with Crippen molar-refractivity contribution in [1.29, 1.82) is 0 Å². The van der Waals surface area contributed by atoms with Gasteiger partial charge in [-0.25, -0.2) is 4.98 Å². The summed E-state index contributed by atoms with van der Waals surface area (Å²) in [6.45, 7) is 2.07. The molecule has 0 N–H and O–H groups in total. The Labute approximate surface area is 99.1 Å². The smallest absolute Gasteiger partial charge is 0.258 e. The summed E-state index contributed by atoms with van der Waals surface area (Å²) in [7, 11) is 0. The molecule has 0 aliphatic carbocycles. The van der Waals surface area contributed by atoms with Crippen molar-refractivity contribution >= 4 is 5.69 Å². The summed E-state index contributed by atoms with van der Waals surface area (Å²) in [5.41, 5.74) is 2.43. The van der Waals surface area contributed by atoms with E-state index in [0.717, 1.165) is 12.0 Å². The predicted octanol–water partition coefficient (Wildman–Crippen LogP) is 3.22. The summed E-state index contributed by atoms with van der Waals surface area (Å²) in [5.74, 6) is 0. The number of benzene rings is 1. The van der Waals surface area contributed by atoms with Crippen molar-refractivity contribution in [3.63, 3.8) is 0 Å². The van der Waals surface area contributed by atoms with Crippen molar-refractivity contribution in [2.24, 2.45) is 0 Å². The van der Waals surface area contributed by atoms with Gasteiger partial charge in [-0.1, -0.05) is 31.2 Å². The molecule has 1 aromatic carbocycles. The average molecular weight is 228 g/mol. The van der Waals surface area contributed by atoms with Crippen molar-refractivity contribution in [3.05, 3.63) is 58.3 Å². The molecule has 2 rings (SSSR count). The third-order valence-corrected chi connectivity index (χ3v) is 2.62. The third-order valence-electron chi connectivity index (χ3n) is 2.62. The molecule has 0 saturated carbocycles. The second-order valence-corrected chi connectivity index (χ2v) is 3.68. The third kappa shape index (κ3) is 2.30. The summed E-state index contributed by atoms with van der Waals surface area (Å²) in [4.78, 5) is 14.6. The number of rotatable bonds is 3. The number of pyridine rings is 1. The van der Waals surface area contributed by atoms with Gasteiger partial charge >= 0.3 is 0 Å². The monoisotopic (exact) mass is 228 g/mol. The Hall–Kier alpha value is -2.23. The molecule has 0 aliphatic rings. The lowest BCUT2D eigenvalue weighted by Crippen LogP contribution is -1.94. The van der Waals surface area contributed by atoms with E-state index in [4.69, 9.17) is 0 Å². The zero-order chi connectivity index (χ0) is 12.3. The largest absolute Gasteiger partial charge is 0.295 e. The number of nitro groups is 1. The van der Waals surface area contributed by atoms with Crippen LogP contribution in [-0.4, -0.2) is 9.91 Å². The summed E-state index contributed by atoms with van der Waals surface area (Å²) in [6.07, 6.45) is 2.51. The van der Waals surface area contributed by atoms with Crippen LogP contribution in [0.3, 0.4) is 0 Å². The fraction of sp³-hybridized carbons (Fsp3) is 0.154. The standard InChI is InChI=1S/C13H12N2O2/c1-2-10-5-7-11(8-6-10)13-12(15(16)17)4-3-9-14-13/h3-9H,2H2,1H3. The quantitative estimate of drug-likeness (QED) is 0.598. The van der Waals surface area contributed by atoms with E-state index < -0.39 is 4.92 Å². The Morgan fingerprint density at radius 3 is 2.53 bits per heavy atom. The molecule has 0 unspecified atom stereocenters. The number of hydrogen-bond acceptors (Lipinski definition) is 3. The van der Waals surface area contributed by atoms with Crippen LogP contribution in [0, 0.1) is 10.1 Å². The minimum atomic E-state index is -0.407. The van der Waals surface area contributed by atoms with Crippen LogP contribution in [0.15, 0.2) is 42.6 Å². The molecule has 1 heterocycles. The van der Waals surface area contributed by atoms with Gasteiger partial charge in [0.25, 0.3) is 5.69 Å². The van der Waals surface area contributed by atoms with Gasteiger partial charge < -0.3 is 0 Å². The molecule has 1 aromatic heterocycles. The van der Waals surface area contributed by atoms with E-state index in [0.29, 0.717) is 5.69 Å². The van der Waals surface area contributed by atoms with Crippen LogP contribution in [0.5, 0.6) is 0 Å². The van der Waals surface area contributed by atoms with Crippen molar-refractivity contribution in [3.8, 4) is 11.3 Å². The maximum atomic E-state index is 10.9. The molecule has 4 nitrogen and oxygen atoms in total. The van der Waals surface area contributed by atoms with E-state index in [2.05, 4.69) is 11.9 Å². The minimum Gasteiger partial charge on any atom is -0.258 e. The second kappa shape index (κ2) is 4.74. The molecule has 2 aromatic rings. The normalized spacial score (nSPS) is 10.2. The number of aryl methyl sites for hydroxylation is 1. The SMILES string of the molecule is CCc1ccc(-c2ncccc2[N+](=O)[O-])cc1. The Morgan fingerprint density at radius 1 is 1.24 bits per heavy atom. The first-order valence-corrected chi connectivity index (χ1v) is 5.41. The Morgan fingerprint density at radius 2 is 1.94 bits per heavy atom. The molecule has 0 saturated heterocycles. The lowest BCUT2D eigenvalue weighted by molar-refractivity contribution is -0.384. The molecule has 0 atom stereocenters. The van der Waals surface area contributed by atoms with E-state index in [1.54, 1.807) is 12.3 Å². The molecule has 0 spiro atoms. The lowest BCUT2D eigenvalue weighted by Gasteiger charge is -2.03. The maximum absolute atomic E-state index is 10.9. The van der Waals surface area contributed by atoms with E-state index in [1.165, 1.54) is 11.6 Å².